The largest absolute Gasteiger partial charge is 0.353 e. The van der Waals surface area contributed by atoms with Crippen molar-refractivity contribution in [3.63, 3.8) is 0 Å². The number of imide groups is 1. The molecule has 3 amide bonds. The second-order valence-electron chi connectivity index (χ2n) is 8.20. The van der Waals surface area contributed by atoms with Gasteiger partial charge in [-0.2, -0.15) is 0 Å². The van der Waals surface area contributed by atoms with Crippen molar-refractivity contribution in [2.45, 2.75) is 58.4 Å². The molecule has 146 valence electrons. The maximum Gasteiger partial charge on any atom is 0.237 e. The molecule has 1 aliphatic carbocycles. The highest BCUT2D eigenvalue weighted by Crippen LogP contribution is 2.46. The van der Waals surface area contributed by atoms with Crippen molar-refractivity contribution in [1.82, 2.24) is 20.0 Å². The van der Waals surface area contributed by atoms with E-state index in [0.717, 1.165) is 58.3 Å². The first-order valence-electron chi connectivity index (χ1n) is 10.0. The van der Waals surface area contributed by atoms with E-state index in [1.165, 1.54) is 4.90 Å². The number of hydrogen-bond acceptors (Lipinski definition) is 5. The molecule has 0 radical (unpaired) electrons. The molecule has 7 heteroatoms. The van der Waals surface area contributed by atoms with Crippen LogP contribution in [-0.4, -0.2) is 77.9 Å². The predicted molar refractivity (Wildman–Crippen MR) is 98.1 cm³/mol. The molecule has 1 spiro atoms. The molecule has 2 heterocycles. The van der Waals surface area contributed by atoms with Gasteiger partial charge in [-0.05, 0) is 26.2 Å². The molecule has 2 aliphatic heterocycles. The number of carbonyl (C=O) groups is 3. The van der Waals surface area contributed by atoms with Crippen molar-refractivity contribution >= 4 is 17.7 Å². The van der Waals surface area contributed by atoms with Crippen LogP contribution >= 0.6 is 0 Å². The first-order valence-corrected chi connectivity index (χ1v) is 10.0. The van der Waals surface area contributed by atoms with Gasteiger partial charge >= 0.3 is 0 Å². The standard InChI is InChI=1S/C19H32N4O3/c1-3-15(2)20-16(24)13-21-8-10-22(11-9-21)14-23-17(25)12-19(18(23)26)6-4-5-7-19/h15H,3-14H2,1-2H3,(H,20,24)/t15-/m1/s1. The molecular formula is C19H32N4O3. The van der Waals surface area contributed by atoms with Crippen LogP contribution in [0.2, 0.25) is 0 Å². The van der Waals surface area contributed by atoms with E-state index in [4.69, 9.17) is 0 Å². The zero-order valence-corrected chi connectivity index (χ0v) is 16.1. The van der Waals surface area contributed by atoms with E-state index in [2.05, 4.69) is 22.0 Å². The smallest absolute Gasteiger partial charge is 0.237 e. The van der Waals surface area contributed by atoms with Gasteiger partial charge < -0.3 is 5.32 Å². The first kappa shape index (κ1) is 19.3. The summed E-state index contributed by atoms with van der Waals surface area (Å²) in [4.78, 5) is 42.9. The molecule has 1 saturated carbocycles. The molecule has 0 unspecified atom stereocenters. The molecule has 3 fully saturated rings. The summed E-state index contributed by atoms with van der Waals surface area (Å²) in [6.07, 6.45) is 5.19. The summed E-state index contributed by atoms with van der Waals surface area (Å²) < 4.78 is 0. The molecule has 0 aromatic carbocycles. The number of carbonyl (C=O) groups excluding carboxylic acids is 3. The number of likely N-dealkylation sites (tertiary alicyclic amines) is 1. The van der Waals surface area contributed by atoms with E-state index in [0.29, 0.717) is 19.6 Å². The highest BCUT2D eigenvalue weighted by molar-refractivity contribution is 6.06. The Bertz CT molecular complexity index is 551. The molecule has 26 heavy (non-hydrogen) atoms. The summed E-state index contributed by atoms with van der Waals surface area (Å²) in [5.74, 6) is 0.114. The zero-order chi connectivity index (χ0) is 18.7. The number of hydrogen-bond donors (Lipinski definition) is 1. The van der Waals surface area contributed by atoms with Gasteiger partial charge in [-0.3, -0.25) is 29.1 Å². The maximum atomic E-state index is 12.8. The van der Waals surface area contributed by atoms with E-state index < -0.39 is 0 Å². The lowest BCUT2D eigenvalue weighted by Gasteiger charge is -2.36. The SMILES string of the molecule is CC[C@@H](C)NC(=O)CN1CCN(CN2C(=O)CC3(CCCC3)C2=O)CC1. The van der Waals surface area contributed by atoms with E-state index in [9.17, 15) is 14.4 Å². The van der Waals surface area contributed by atoms with Crippen LogP contribution in [0.4, 0.5) is 0 Å². The summed E-state index contributed by atoms with van der Waals surface area (Å²) >= 11 is 0. The third-order valence-electron chi connectivity index (χ3n) is 6.24. The molecule has 3 aliphatic rings. The van der Waals surface area contributed by atoms with Gasteiger partial charge in [0.15, 0.2) is 0 Å². The molecule has 7 nitrogen and oxygen atoms in total. The van der Waals surface area contributed by atoms with E-state index in [1.54, 1.807) is 0 Å². The Kier molecular flexibility index (Phi) is 5.97. The van der Waals surface area contributed by atoms with Gasteiger partial charge in [0.05, 0.1) is 18.6 Å². The third-order valence-corrected chi connectivity index (χ3v) is 6.24. The summed E-state index contributed by atoms with van der Waals surface area (Å²) in [6, 6.07) is 0.207. The van der Waals surface area contributed by atoms with Gasteiger partial charge in [0.1, 0.15) is 0 Å². The maximum absolute atomic E-state index is 12.8. The highest BCUT2D eigenvalue weighted by Gasteiger charge is 2.52. The second-order valence-corrected chi connectivity index (χ2v) is 8.20. The highest BCUT2D eigenvalue weighted by atomic mass is 16.2. The fourth-order valence-corrected chi connectivity index (χ4v) is 4.36. The van der Waals surface area contributed by atoms with Gasteiger partial charge in [-0.15, -0.1) is 0 Å². The van der Waals surface area contributed by atoms with E-state index >= 15 is 0 Å². The number of rotatable bonds is 6. The predicted octanol–water partition coefficient (Wildman–Crippen LogP) is 0.796. The lowest BCUT2D eigenvalue weighted by molar-refractivity contribution is -0.144. The quantitative estimate of drug-likeness (QED) is 0.706. The summed E-state index contributed by atoms with van der Waals surface area (Å²) in [5.41, 5.74) is -0.382. The van der Waals surface area contributed by atoms with Crippen LogP contribution < -0.4 is 5.32 Å². The van der Waals surface area contributed by atoms with E-state index in [-0.39, 0.29) is 29.2 Å². The van der Waals surface area contributed by atoms with Crippen LogP contribution in [0.15, 0.2) is 0 Å². The van der Waals surface area contributed by atoms with Crippen molar-refractivity contribution in [1.29, 1.82) is 0 Å². The Labute approximate surface area is 156 Å². The molecule has 3 rings (SSSR count). The zero-order valence-electron chi connectivity index (χ0n) is 16.1. The van der Waals surface area contributed by atoms with Crippen molar-refractivity contribution in [3.8, 4) is 0 Å². The first-order chi connectivity index (χ1) is 12.4. The van der Waals surface area contributed by atoms with Gasteiger partial charge in [0.2, 0.25) is 17.7 Å². The van der Waals surface area contributed by atoms with Crippen molar-refractivity contribution in [2.75, 3.05) is 39.4 Å². The van der Waals surface area contributed by atoms with Crippen LogP contribution in [0.1, 0.15) is 52.4 Å². The van der Waals surface area contributed by atoms with Crippen molar-refractivity contribution in [3.05, 3.63) is 0 Å². The van der Waals surface area contributed by atoms with E-state index in [1.807, 2.05) is 6.92 Å². The number of piperazine rings is 1. The minimum absolute atomic E-state index is 0.00717. The Morgan fingerprint density at radius 1 is 1.12 bits per heavy atom. The Morgan fingerprint density at radius 3 is 2.35 bits per heavy atom. The second kappa shape index (κ2) is 8.05. The molecule has 0 aromatic heterocycles. The van der Waals surface area contributed by atoms with Crippen LogP contribution in [0, 0.1) is 5.41 Å². The monoisotopic (exact) mass is 364 g/mol. The lowest BCUT2D eigenvalue weighted by Crippen LogP contribution is -2.53. The number of nitrogens with zero attached hydrogens (tertiary/aromatic N) is 3. The minimum atomic E-state index is -0.382. The van der Waals surface area contributed by atoms with Crippen LogP contribution in [0.25, 0.3) is 0 Å². The van der Waals surface area contributed by atoms with Gasteiger partial charge in [0, 0.05) is 38.6 Å². The van der Waals surface area contributed by atoms with Crippen molar-refractivity contribution in [2.24, 2.45) is 5.41 Å². The Morgan fingerprint density at radius 2 is 1.73 bits per heavy atom. The average Bonchev–Trinajstić information content (AvgIpc) is 3.17. The van der Waals surface area contributed by atoms with Gasteiger partial charge in [0.25, 0.3) is 0 Å². The van der Waals surface area contributed by atoms with Crippen LogP contribution in [0.3, 0.4) is 0 Å². The number of amides is 3. The topological polar surface area (TPSA) is 73.0 Å². The molecule has 0 aromatic rings. The fraction of sp³-hybridized carbons (Fsp3) is 0.842. The molecule has 1 N–H and O–H groups in total. The normalized spacial score (nSPS) is 25.2. The fourth-order valence-electron chi connectivity index (χ4n) is 4.36. The molecule has 1 atom stereocenters. The molecule has 0 bridgehead atoms. The summed E-state index contributed by atoms with van der Waals surface area (Å²) in [7, 11) is 0. The van der Waals surface area contributed by atoms with Gasteiger partial charge in [-0.1, -0.05) is 19.8 Å². The summed E-state index contributed by atoms with van der Waals surface area (Å²) in [6.45, 7) is 8.03. The van der Waals surface area contributed by atoms with Crippen LogP contribution in [0.5, 0.6) is 0 Å². The Hall–Kier alpha value is -1.47. The summed E-state index contributed by atoms with van der Waals surface area (Å²) in [5, 5.41) is 2.99. The molecule has 2 saturated heterocycles. The lowest BCUT2D eigenvalue weighted by atomic mass is 9.85. The average molecular weight is 364 g/mol. The Balaban J connectivity index is 1.45. The van der Waals surface area contributed by atoms with Gasteiger partial charge in [-0.25, -0.2) is 0 Å². The minimum Gasteiger partial charge on any atom is -0.353 e. The van der Waals surface area contributed by atoms with Crippen LogP contribution in [-0.2, 0) is 14.4 Å². The number of nitrogens with one attached hydrogen (secondary N) is 1. The third kappa shape index (κ3) is 4.09. The van der Waals surface area contributed by atoms with Crippen molar-refractivity contribution < 1.29 is 14.4 Å². The molecular weight excluding hydrogens is 332 g/mol.